The maximum absolute atomic E-state index is 5.87. The van der Waals surface area contributed by atoms with Crippen LogP contribution >= 0.6 is 0 Å². The molecule has 0 aliphatic heterocycles. The number of hydrogen-bond donors (Lipinski definition) is 1. The first kappa shape index (κ1) is 13.6. The second kappa shape index (κ2) is 6.92. The van der Waals surface area contributed by atoms with E-state index in [0.29, 0.717) is 13.2 Å². The summed E-state index contributed by atoms with van der Waals surface area (Å²) >= 11 is 0. The summed E-state index contributed by atoms with van der Waals surface area (Å²) in [4.78, 5) is 0. The quantitative estimate of drug-likeness (QED) is 0.865. The first-order valence-electron chi connectivity index (χ1n) is 6.35. The van der Waals surface area contributed by atoms with Crippen LogP contribution in [0.25, 0.3) is 0 Å². The van der Waals surface area contributed by atoms with E-state index < -0.39 is 0 Å². The second-order valence-corrected chi connectivity index (χ2v) is 4.22. The zero-order valence-corrected chi connectivity index (χ0v) is 11.1. The lowest BCUT2D eigenvalue weighted by atomic mass is 10.0. The van der Waals surface area contributed by atoms with Gasteiger partial charge in [-0.15, -0.1) is 0 Å². The number of ether oxygens (including phenoxy) is 2. The average molecular weight is 257 g/mol. The lowest BCUT2D eigenvalue weighted by molar-refractivity contribution is 0.0864. The summed E-state index contributed by atoms with van der Waals surface area (Å²) in [6.07, 6.45) is -0.0874. The van der Waals surface area contributed by atoms with Gasteiger partial charge in [-0.05, 0) is 23.3 Å². The summed E-state index contributed by atoms with van der Waals surface area (Å²) in [7, 11) is 1.66. The summed E-state index contributed by atoms with van der Waals surface area (Å²) in [5, 5.41) is 0. The fourth-order valence-electron chi connectivity index (χ4n) is 1.98. The van der Waals surface area contributed by atoms with Gasteiger partial charge in [-0.2, -0.15) is 0 Å². The Bertz CT molecular complexity index is 482. The highest BCUT2D eigenvalue weighted by Crippen LogP contribution is 2.27. The number of hydrogen-bond acceptors (Lipinski definition) is 3. The molecule has 2 N–H and O–H groups in total. The molecular weight excluding hydrogens is 238 g/mol. The minimum Gasteiger partial charge on any atom is -0.497 e. The molecule has 0 saturated heterocycles. The van der Waals surface area contributed by atoms with Gasteiger partial charge < -0.3 is 15.2 Å². The van der Waals surface area contributed by atoms with Crippen LogP contribution in [0.1, 0.15) is 17.2 Å². The van der Waals surface area contributed by atoms with Crippen LogP contribution in [0.2, 0.25) is 0 Å². The van der Waals surface area contributed by atoms with E-state index >= 15 is 0 Å². The number of benzene rings is 2. The van der Waals surface area contributed by atoms with Crippen LogP contribution in [0.3, 0.4) is 0 Å². The van der Waals surface area contributed by atoms with Gasteiger partial charge >= 0.3 is 0 Å². The first-order chi connectivity index (χ1) is 9.35. The van der Waals surface area contributed by atoms with Gasteiger partial charge in [0.15, 0.2) is 0 Å². The van der Waals surface area contributed by atoms with Crippen LogP contribution in [-0.2, 0) is 4.74 Å². The van der Waals surface area contributed by atoms with E-state index in [1.807, 2.05) is 42.5 Å². The predicted octanol–water partition coefficient (Wildman–Crippen LogP) is 2.76. The largest absolute Gasteiger partial charge is 0.497 e. The van der Waals surface area contributed by atoms with Gasteiger partial charge in [0, 0.05) is 6.54 Å². The summed E-state index contributed by atoms with van der Waals surface area (Å²) in [5.74, 6) is 0.842. The molecule has 2 aromatic rings. The van der Waals surface area contributed by atoms with Gasteiger partial charge in [0.1, 0.15) is 11.9 Å². The minimum atomic E-state index is -0.0874. The van der Waals surface area contributed by atoms with Crippen LogP contribution in [0, 0.1) is 0 Å². The van der Waals surface area contributed by atoms with Gasteiger partial charge in [-0.3, -0.25) is 0 Å². The summed E-state index contributed by atoms with van der Waals surface area (Å²) in [6, 6.07) is 18.1. The topological polar surface area (TPSA) is 44.5 Å². The molecule has 0 aliphatic rings. The molecule has 2 rings (SSSR count). The van der Waals surface area contributed by atoms with Crippen molar-refractivity contribution in [1.82, 2.24) is 0 Å². The Labute approximate surface area is 114 Å². The SMILES string of the molecule is COc1ccc(C(OCCN)c2ccccc2)cc1. The molecule has 3 heteroatoms. The van der Waals surface area contributed by atoms with Crippen molar-refractivity contribution in [3.63, 3.8) is 0 Å². The van der Waals surface area contributed by atoms with Crippen molar-refractivity contribution < 1.29 is 9.47 Å². The molecular formula is C16H19NO2. The molecule has 0 aliphatic carbocycles. The Morgan fingerprint density at radius 3 is 2.16 bits per heavy atom. The van der Waals surface area contributed by atoms with Crippen molar-refractivity contribution in [3.8, 4) is 5.75 Å². The molecule has 0 fully saturated rings. The Balaban J connectivity index is 2.26. The van der Waals surface area contributed by atoms with Crippen LogP contribution in [0.5, 0.6) is 5.75 Å². The maximum atomic E-state index is 5.87. The monoisotopic (exact) mass is 257 g/mol. The molecule has 19 heavy (non-hydrogen) atoms. The number of rotatable bonds is 6. The van der Waals surface area contributed by atoms with Crippen LogP contribution in [0.4, 0.5) is 0 Å². The number of methoxy groups -OCH3 is 1. The third-order valence-corrected chi connectivity index (χ3v) is 2.92. The molecule has 0 heterocycles. The molecule has 1 atom stereocenters. The van der Waals surface area contributed by atoms with Crippen LogP contribution in [-0.4, -0.2) is 20.3 Å². The highest BCUT2D eigenvalue weighted by Gasteiger charge is 2.14. The molecule has 0 saturated carbocycles. The molecule has 0 bridgehead atoms. The molecule has 3 nitrogen and oxygen atoms in total. The maximum Gasteiger partial charge on any atom is 0.118 e. The van der Waals surface area contributed by atoms with Gasteiger partial charge in [0.25, 0.3) is 0 Å². The Morgan fingerprint density at radius 1 is 0.947 bits per heavy atom. The zero-order chi connectivity index (χ0) is 13.5. The fourth-order valence-corrected chi connectivity index (χ4v) is 1.98. The Kier molecular flexibility index (Phi) is 4.95. The van der Waals surface area contributed by atoms with Gasteiger partial charge in [0.2, 0.25) is 0 Å². The zero-order valence-electron chi connectivity index (χ0n) is 11.1. The third kappa shape index (κ3) is 3.56. The second-order valence-electron chi connectivity index (χ2n) is 4.22. The predicted molar refractivity (Wildman–Crippen MR) is 76.3 cm³/mol. The van der Waals surface area contributed by atoms with Crippen LogP contribution < -0.4 is 10.5 Å². The normalized spacial score (nSPS) is 12.1. The van der Waals surface area contributed by atoms with Crippen molar-refractivity contribution in [1.29, 1.82) is 0 Å². The van der Waals surface area contributed by atoms with Crippen molar-refractivity contribution in [2.75, 3.05) is 20.3 Å². The smallest absolute Gasteiger partial charge is 0.118 e. The Morgan fingerprint density at radius 2 is 1.58 bits per heavy atom. The molecule has 0 amide bonds. The highest BCUT2D eigenvalue weighted by molar-refractivity contribution is 5.34. The molecule has 0 aromatic heterocycles. The van der Waals surface area contributed by atoms with E-state index in [1.54, 1.807) is 7.11 Å². The lowest BCUT2D eigenvalue weighted by Crippen LogP contribution is -2.13. The standard InChI is InChI=1S/C16H19NO2/c1-18-15-9-7-14(8-10-15)16(19-12-11-17)13-5-3-2-4-6-13/h2-10,16H,11-12,17H2,1H3. The lowest BCUT2D eigenvalue weighted by Gasteiger charge is -2.18. The van der Waals surface area contributed by atoms with Gasteiger partial charge in [0.05, 0.1) is 13.7 Å². The van der Waals surface area contributed by atoms with Crippen molar-refractivity contribution in [3.05, 3.63) is 65.7 Å². The van der Waals surface area contributed by atoms with E-state index in [0.717, 1.165) is 16.9 Å². The minimum absolute atomic E-state index is 0.0874. The van der Waals surface area contributed by atoms with Crippen molar-refractivity contribution >= 4 is 0 Å². The van der Waals surface area contributed by atoms with E-state index in [9.17, 15) is 0 Å². The highest BCUT2D eigenvalue weighted by atomic mass is 16.5. The van der Waals surface area contributed by atoms with Gasteiger partial charge in [-0.25, -0.2) is 0 Å². The van der Waals surface area contributed by atoms with Crippen molar-refractivity contribution in [2.45, 2.75) is 6.10 Å². The molecule has 100 valence electrons. The average Bonchev–Trinajstić information content (AvgIpc) is 2.49. The first-order valence-corrected chi connectivity index (χ1v) is 6.35. The summed E-state index contributed by atoms with van der Waals surface area (Å²) in [6.45, 7) is 1.05. The van der Waals surface area contributed by atoms with E-state index in [4.69, 9.17) is 15.2 Å². The van der Waals surface area contributed by atoms with E-state index in [2.05, 4.69) is 12.1 Å². The van der Waals surface area contributed by atoms with Crippen LogP contribution in [0.15, 0.2) is 54.6 Å². The summed E-state index contributed by atoms with van der Waals surface area (Å²) in [5.41, 5.74) is 7.76. The van der Waals surface area contributed by atoms with Crippen molar-refractivity contribution in [2.24, 2.45) is 5.73 Å². The molecule has 0 spiro atoms. The number of nitrogens with two attached hydrogens (primary N) is 1. The van der Waals surface area contributed by atoms with E-state index in [-0.39, 0.29) is 6.10 Å². The summed E-state index contributed by atoms with van der Waals surface area (Å²) < 4.78 is 11.0. The van der Waals surface area contributed by atoms with E-state index in [1.165, 1.54) is 0 Å². The molecule has 2 aromatic carbocycles. The van der Waals surface area contributed by atoms with Gasteiger partial charge in [-0.1, -0.05) is 42.5 Å². The fraction of sp³-hybridized carbons (Fsp3) is 0.250. The molecule has 1 unspecified atom stereocenters. The Hall–Kier alpha value is -1.84. The molecule has 0 radical (unpaired) electrons. The third-order valence-electron chi connectivity index (χ3n) is 2.92.